The Balaban J connectivity index is 2.13. The molecule has 0 bridgehead atoms. The minimum atomic E-state index is -0.579. The zero-order chi connectivity index (χ0) is 14.5. The van der Waals surface area contributed by atoms with Crippen molar-refractivity contribution in [3.05, 3.63) is 47.8 Å². The molecule has 1 atom stereocenters. The standard InChI is InChI=1S/C14H15N3O3/c1-9(10-6-4-3-5-7-10)13(18)16-11-8-15-17-12(11)14(19)20-2/h3-9H,1-2H3,(H,15,17)(H,16,18)/t9-/m0/s1. The van der Waals surface area contributed by atoms with Gasteiger partial charge in [-0.3, -0.25) is 9.89 Å². The highest BCUT2D eigenvalue weighted by Gasteiger charge is 2.20. The van der Waals surface area contributed by atoms with E-state index in [9.17, 15) is 9.59 Å². The van der Waals surface area contributed by atoms with Crippen molar-refractivity contribution >= 4 is 17.6 Å². The van der Waals surface area contributed by atoms with Crippen molar-refractivity contribution in [3.63, 3.8) is 0 Å². The first kappa shape index (κ1) is 13.8. The van der Waals surface area contributed by atoms with Crippen molar-refractivity contribution < 1.29 is 14.3 Å². The summed E-state index contributed by atoms with van der Waals surface area (Å²) >= 11 is 0. The number of aromatic amines is 1. The van der Waals surface area contributed by atoms with Crippen LogP contribution in [0.25, 0.3) is 0 Å². The fourth-order valence-corrected chi connectivity index (χ4v) is 1.77. The van der Waals surface area contributed by atoms with Crippen molar-refractivity contribution in [2.24, 2.45) is 0 Å². The van der Waals surface area contributed by atoms with Crippen molar-refractivity contribution in [2.75, 3.05) is 12.4 Å². The Labute approximate surface area is 116 Å². The summed E-state index contributed by atoms with van der Waals surface area (Å²) in [5, 5.41) is 8.91. The monoisotopic (exact) mass is 273 g/mol. The molecule has 2 rings (SSSR count). The van der Waals surface area contributed by atoms with Crippen LogP contribution < -0.4 is 5.32 Å². The lowest BCUT2D eigenvalue weighted by Crippen LogP contribution is -2.20. The number of hydrogen-bond donors (Lipinski definition) is 2. The maximum atomic E-state index is 12.2. The van der Waals surface area contributed by atoms with E-state index in [4.69, 9.17) is 0 Å². The van der Waals surface area contributed by atoms with E-state index in [1.165, 1.54) is 13.3 Å². The van der Waals surface area contributed by atoms with Gasteiger partial charge in [0.1, 0.15) is 0 Å². The lowest BCUT2D eigenvalue weighted by atomic mass is 10.0. The van der Waals surface area contributed by atoms with Gasteiger partial charge in [-0.1, -0.05) is 30.3 Å². The Morgan fingerprint density at radius 1 is 1.30 bits per heavy atom. The second kappa shape index (κ2) is 6.01. The minimum Gasteiger partial charge on any atom is -0.464 e. The lowest BCUT2D eigenvalue weighted by molar-refractivity contribution is -0.117. The SMILES string of the molecule is COC(=O)c1[nH]ncc1NC(=O)[C@@H](C)c1ccccc1. The normalized spacial score (nSPS) is 11.7. The van der Waals surface area contributed by atoms with Gasteiger partial charge in [0.05, 0.1) is 24.9 Å². The second-order valence-electron chi connectivity index (χ2n) is 4.27. The Morgan fingerprint density at radius 3 is 2.65 bits per heavy atom. The number of aromatic nitrogens is 2. The van der Waals surface area contributed by atoms with E-state index in [0.29, 0.717) is 5.69 Å². The molecule has 6 nitrogen and oxygen atoms in total. The fraction of sp³-hybridized carbons (Fsp3) is 0.214. The molecule has 1 amide bonds. The lowest BCUT2D eigenvalue weighted by Gasteiger charge is -2.12. The topological polar surface area (TPSA) is 84.1 Å². The third-order valence-corrected chi connectivity index (χ3v) is 2.98. The first-order chi connectivity index (χ1) is 9.63. The average Bonchev–Trinajstić information content (AvgIpc) is 2.94. The molecule has 0 radical (unpaired) electrons. The average molecular weight is 273 g/mol. The predicted molar refractivity (Wildman–Crippen MR) is 73.4 cm³/mol. The van der Waals surface area contributed by atoms with Crippen LogP contribution in [0.5, 0.6) is 0 Å². The highest BCUT2D eigenvalue weighted by molar-refractivity contribution is 6.01. The molecule has 2 N–H and O–H groups in total. The van der Waals surface area contributed by atoms with Gasteiger partial charge in [-0.25, -0.2) is 4.79 Å². The highest BCUT2D eigenvalue weighted by Crippen LogP contribution is 2.19. The molecule has 1 aromatic carbocycles. The minimum absolute atomic E-state index is 0.126. The number of H-pyrrole nitrogens is 1. The Hall–Kier alpha value is -2.63. The van der Waals surface area contributed by atoms with Crippen LogP contribution in [0.1, 0.15) is 28.9 Å². The number of benzene rings is 1. The van der Waals surface area contributed by atoms with Gasteiger partial charge in [0.25, 0.3) is 0 Å². The van der Waals surface area contributed by atoms with E-state index >= 15 is 0 Å². The maximum Gasteiger partial charge on any atom is 0.358 e. The van der Waals surface area contributed by atoms with Gasteiger partial charge in [0.2, 0.25) is 5.91 Å². The van der Waals surface area contributed by atoms with Gasteiger partial charge < -0.3 is 10.1 Å². The number of hydrogen-bond acceptors (Lipinski definition) is 4. The molecule has 0 aliphatic carbocycles. The van der Waals surface area contributed by atoms with Crippen LogP contribution in [0.4, 0.5) is 5.69 Å². The summed E-state index contributed by atoms with van der Waals surface area (Å²) in [5.74, 6) is -1.13. The summed E-state index contributed by atoms with van der Waals surface area (Å²) in [4.78, 5) is 23.6. The van der Waals surface area contributed by atoms with Crippen molar-refractivity contribution in [2.45, 2.75) is 12.8 Å². The molecule has 6 heteroatoms. The van der Waals surface area contributed by atoms with Crippen LogP contribution in [0.15, 0.2) is 36.5 Å². The van der Waals surface area contributed by atoms with E-state index in [2.05, 4.69) is 20.3 Å². The number of amides is 1. The first-order valence-electron chi connectivity index (χ1n) is 6.11. The molecule has 1 heterocycles. The summed E-state index contributed by atoms with van der Waals surface area (Å²) in [7, 11) is 1.27. The molecule has 0 aliphatic heterocycles. The van der Waals surface area contributed by atoms with Crippen LogP contribution in [0.3, 0.4) is 0 Å². The van der Waals surface area contributed by atoms with Crippen molar-refractivity contribution in [1.29, 1.82) is 0 Å². The van der Waals surface area contributed by atoms with E-state index < -0.39 is 5.97 Å². The third-order valence-electron chi connectivity index (χ3n) is 2.98. The van der Waals surface area contributed by atoms with Gasteiger partial charge in [-0.15, -0.1) is 0 Å². The zero-order valence-electron chi connectivity index (χ0n) is 11.2. The van der Waals surface area contributed by atoms with E-state index in [-0.39, 0.29) is 17.5 Å². The van der Waals surface area contributed by atoms with Gasteiger partial charge in [-0.2, -0.15) is 5.10 Å². The van der Waals surface area contributed by atoms with Crippen LogP contribution in [-0.4, -0.2) is 29.2 Å². The number of carbonyl (C=O) groups is 2. The maximum absolute atomic E-state index is 12.2. The van der Waals surface area contributed by atoms with Crippen LogP contribution in [0.2, 0.25) is 0 Å². The van der Waals surface area contributed by atoms with Gasteiger partial charge in [-0.05, 0) is 12.5 Å². The number of methoxy groups -OCH3 is 1. The number of nitrogens with zero attached hydrogens (tertiary/aromatic N) is 1. The Bertz CT molecular complexity index is 607. The van der Waals surface area contributed by atoms with Gasteiger partial charge in [0, 0.05) is 0 Å². The largest absolute Gasteiger partial charge is 0.464 e. The van der Waals surface area contributed by atoms with Gasteiger partial charge in [0.15, 0.2) is 5.69 Å². The molecule has 0 saturated heterocycles. The van der Waals surface area contributed by atoms with Gasteiger partial charge >= 0.3 is 5.97 Å². The van der Waals surface area contributed by atoms with Crippen LogP contribution >= 0.6 is 0 Å². The number of nitrogens with one attached hydrogen (secondary N) is 2. The smallest absolute Gasteiger partial charge is 0.358 e. The van der Waals surface area contributed by atoms with Crippen LogP contribution in [-0.2, 0) is 9.53 Å². The summed E-state index contributed by atoms with van der Waals surface area (Å²) in [5.41, 5.74) is 1.33. The van der Waals surface area contributed by atoms with Crippen molar-refractivity contribution in [3.8, 4) is 0 Å². The molecular weight excluding hydrogens is 258 g/mol. The summed E-state index contributed by atoms with van der Waals surface area (Å²) in [6.07, 6.45) is 1.38. The highest BCUT2D eigenvalue weighted by atomic mass is 16.5. The molecule has 2 aromatic rings. The number of ether oxygens (including phenoxy) is 1. The second-order valence-corrected chi connectivity index (χ2v) is 4.27. The predicted octanol–water partition coefficient (Wildman–Crippen LogP) is 1.94. The molecule has 0 spiro atoms. The number of anilines is 1. The molecule has 0 saturated carbocycles. The van der Waals surface area contributed by atoms with E-state index in [1.807, 2.05) is 30.3 Å². The quantitative estimate of drug-likeness (QED) is 0.834. The summed E-state index contributed by atoms with van der Waals surface area (Å²) in [6, 6.07) is 9.38. The third kappa shape index (κ3) is 2.85. The van der Waals surface area contributed by atoms with Crippen LogP contribution in [0, 0.1) is 0 Å². The first-order valence-corrected chi connectivity index (χ1v) is 6.11. The molecule has 0 aliphatic rings. The fourth-order valence-electron chi connectivity index (χ4n) is 1.77. The summed E-state index contributed by atoms with van der Waals surface area (Å²) < 4.78 is 4.60. The summed E-state index contributed by atoms with van der Waals surface area (Å²) in [6.45, 7) is 1.79. The molecule has 104 valence electrons. The number of esters is 1. The number of rotatable bonds is 4. The Morgan fingerprint density at radius 2 is 2.00 bits per heavy atom. The zero-order valence-corrected chi connectivity index (χ0v) is 11.2. The number of carbonyl (C=O) groups excluding carboxylic acids is 2. The van der Waals surface area contributed by atoms with E-state index in [0.717, 1.165) is 5.56 Å². The van der Waals surface area contributed by atoms with Crippen molar-refractivity contribution in [1.82, 2.24) is 10.2 Å². The molecule has 20 heavy (non-hydrogen) atoms. The molecule has 0 unspecified atom stereocenters. The molecule has 0 fully saturated rings. The Kier molecular flexibility index (Phi) is 4.14. The molecule has 1 aromatic heterocycles. The molecular formula is C14H15N3O3. The van der Waals surface area contributed by atoms with E-state index in [1.54, 1.807) is 6.92 Å².